The van der Waals surface area contributed by atoms with Gasteiger partial charge in [0.25, 0.3) is 0 Å². The monoisotopic (exact) mass is 324 g/mol. The first-order valence-electron chi connectivity index (χ1n) is 6.14. The molecule has 1 unspecified atom stereocenters. The van der Waals surface area contributed by atoms with E-state index in [9.17, 15) is 5.11 Å². The summed E-state index contributed by atoms with van der Waals surface area (Å²) in [6, 6.07) is 10.3. The molecular formula is C15H17BrOS. The van der Waals surface area contributed by atoms with Crippen LogP contribution in [0.4, 0.5) is 0 Å². The van der Waals surface area contributed by atoms with E-state index in [1.165, 1.54) is 10.4 Å². The van der Waals surface area contributed by atoms with Crippen LogP contribution in [0.15, 0.2) is 34.8 Å². The van der Waals surface area contributed by atoms with Gasteiger partial charge in [-0.2, -0.15) is 0 Å². The predicted molar refractivity (Wildman–Crippen MR) is 81.3 cm³/mol. The molecule has 2 aromatic rings. The smallest absolute Gasteiger partial charge is 0.113 e. The molecule has 1 atom stereocenters. The number of halogens is 1. The maximum Gasteiger partial charge on any atom is 0.113 e. The summed E-state index contributed by atoms with van der Waals surface area (Å²) in [6.07, 6.45) is 1.67. The van der Waals surface area contributed by atoms with Crippen LogP contribution in [-0.4, -0.2) is 5.11 Å². The molecule has 0 aliphatic heterocycles. The molecule has 1 aromatic carbocycles. The number of hydrogen-bond acceptors (Lipinski definition) is 2. The van der Waals surface area contributed by atoms with Gasteiger partial charge in [0.2, 0.25) is 0 Å². The Morgan fingerprint density at radius 3 is 2.72 bits per heavy atom. The lowest BCUT2D eigenvalue weighted by molar-refractivity contribution is 0.224. The Morgan fingerprint density at radius 2 is 2.11 bits per heavy atom. The van der Waals surface area contributed by atoms with Gasteiger partial charge in [-0.25, -0.2) is 0 Å². The molecule has 18 heavy (non-hydrogen) atoms. The van der Waals surface area contributed by atoms with Gasteiger partial charge < -0.3 is 5.11 Å². The molecule has 1 heterocycles. The molecule has 1 N–H and O–H groups in total. The summed E-state index contributed by atoms with van der Waals surface area (Å²) < 4.78 is 1.08. The van der Waals surface area contributed by atoms with Gasteiger partial charge in [0.05, 0.1) is 0 Å². The van der Waals surface area contributed by atoms with E-state index in [1.54, 1.807) is 11.3 Å². The van der Waals surface area contributed by atoms with E-state index in [1.807, 2.05) is 18.2 Å². The van der Waals surface area contributed by atoms with Gasteiger partial charge >= 0.3 is 0 Å². The van der Waals surface area contributed by atoms with E-state index in [2.05, 4.69) is 41.9 Å². The van der Waals surface area contributed by atoms with Crippen LogP contribution in [0.5, 0.6) is 0 Å². The lowest BCUT2D eigenvalue weighted by atomic mass is 10.0. The van der Waals surface area contributed by atoms with Crippen LogP contribution in [0.25, 0.3) is 0 Å². The third-order valence-corrected chi connectivity index (χ3v) is 5.14. The fraction of sp³-hybridized carbons (Fsp3) is 0.333. The Morgan fingerprint density at radius 1 is 1.33 bits per heavy atom. The number of hydrogen-bond donors (Lipinski definition) is 1. The van der Waals surface area contributed by atoms with Gasteiger partial charge in [0, 0.05) is 14.2 Å². The SMILES string of the molecule is CCCc1cccc(C(O)c2cc(Br)c(C)s2)c1. The van der Waals surface area contributed by atoms with Crippen molar-refractivity contribution < 1.29 is 5.11 Å². The van der Waals surface area contributed by atoms with Crippen molar-refractivity contribution in [1.82, 2.24) is 0 Å². The molecule has 0 radical (unpaired) electrons. The zero-order chi connectivity index (χ0) is 13.1. The van der Waals surface area contributed by atoms with Crippen molar-refractivity contribution in [3.8, 4) is 0 Å². The van der Waals surface area contributed by atoms with Gasteiger partial charge in [-0.15, -0.1) is 11.3 Å². The van der Waals surface area contributed by atoms with E-state index < -0.39 is 6.10 Å². The summed E-state index contributed by atoms with van der Waals surface area (Å²) in [5.41, 5.74) is 2.27. The third-order valence-electron chi connectivity index (χ3n) is 2.95. The lowest BCUT2D eigenvalue weighted by Crippen LogP contribution is -1.98. The van der Waals surface area contributed by atoms with Crippen LogP contribution in [0.2, 0.25) is 0 Å². The summed E-state index contributed by atoms with van der Waals surface area (Å²) in [5, 5.41) is 10.4. The summed E-state index contributed by atoms with van der Waals surface area (Å²) in [5.74, 6) is 0. The number of benzene rings is 1. The van der Waals surface area contributed by atoms with Crippen molar-refractivity contribution in [1.29, 1.82) is 0 Å². The summed E-state index contributed by atoms with van der Waals surface area (Å²) in [6.45, 7) is 4.22. The average molecular weight is 325 g/mol. The first-order valence-corrected chi connectivity index (χ1v) is 7.75. The van der Waals surface area contributed by atoms with Crippen molar-refractivity contribution >= 4 is 27.3 Å². The van der Waals surface area contributed by atoms with Crippen LogP contribution in [0.3, 0.4) is 0 Å². The molecule has 0 aliphatic rings. The standard InChI is InChI=1S/C15H17BrOS/c1-3-5-11-6-4-7-12(8-11)15(17)14-9-13(16)10(2)18-14/h4,6-9,15,17H,3,5H2,1-2H3. The number of aliphatic hydroxyl groups excluding tert-OH is 1. The molecule has 2 rings (SSSR count). The number of thiophene rings is 1. The van der Waals surface area contributed by atoms with Gasteiger partial charge in [-0.3, -0.25) is 0 Å². The Kier molecular flexibility index (Phi) is 4.60. The first kappa shape index (κ1) is 13.8. The Balaban J connectivity index is 2.27. The van der Waals surface area contributed by atoms with E-state index in [0.717, 1.165) is 27.8 Å². The van der Waals surface area contributed by atoms with Gasteiger partial charge in [0.1, 0.15) is 6.10 Å². The average Bonchev–Trinajstić information content (AvgIpc) is 2.69. The molecule has 0 bridgehead atoms. The zero-order valence-corrected chi connectivity index (χ0v) is 13.0. The van der Waals surface area contributed by atoms with Gasteiger partial charge in [0.15, 0.2) is 0 Å². The topological polar surface area (TPSA) is 20.2 Å². The predicted octanol–water partition coefficient (Wildman–Crippen LogP) is 4.85. The van der Waals surface area contributed by atoms with Crippen LogP contribution < -0.4 is 0 Å². The Labute approximate surface area is 121 Å². The molecule has 0 aliphatic carbocycles. The van der Waals surface area contributed by atoms with Crippen LogP contribution in [0, 0.1) is 6.92 Å². The minimum atomic E-state index is -0.517. The fourth-order valence-electron chi connectivity index (χ4n) is 1.99. The molecule has 0 spiro atoms. The minimum absolute atomic E-state index is 0.517. The van der Waals surface area contributed by atoms with Crippen LogP contribution in [0.1, 0.15) is 40.3 Å². The Bertz CT molecular complexity index is 514. The normalized spacial score (nSPS) is 12.7. The van der Waals surface area contributed by atoms with Crippen LogP contribution in [-0.2, 0) is 6.42 Å². The quantitative estimate of drug-likeness (QED) is 0.852. The molecule has 0 saturated carbocycles. The number of aliphatic hydroxyl groups is 1. The largest absolute Gasteiger partial charge is 0.383 e. The number of aryl methyl sites for hydroxylation is 2. The maximum atomic E-state index is 10.4. The molecule has 1 aromatic heterocycles. The van der Waals surface area contributed by atoms with E-state index in [0.29, 0.717) is 0 Å². The highest BCUT2D eigenvalue weighted by Gasteiger charge is 2.14. The van der Waals surface area contributed by atoms with Crippen molar-refractivity contribution in [2.75, 3.05) is 0 Å². The second kappa shape index (κ2) is 6.00. The van der Waals surface area contributed by atoms with Crippen LogP contribution >= 0.6 is 27.3 Å². The Hall–Kier alpha value is -0.640. The van der Waals surface area contributed by atoms with E-state index in [-0.39, 0.29) is 0 Å². The molecule has 1 nitrogen and oxygen atoms in total. The highest BCUT2D eigenvalue weighted by Crippen LogP contribution is 2.33. The molecule has 3 heteroatoms. The second-order valence-electron chi connectivity index (χ2n) is 4.45. The van der Waals surface area contributed by atoms with Crippen molar-refractivity contribution in [2.45, 2.75) is 32.8 Å². The fourth-order valence-corrected chi connectivity index (χ4v) is 3.56. The van der Waals surface area contributed by atoms with Gasteiger partial charge in [-0.1, -0.05) is 37.6 Å². The van der Waals surface area contributed by atoms with E-state index >= 15 is 0 Å². The summed E-state index contributed by atoms with van der Waals surface area (Å²) in [4.78, 5) is 2.20. The van der Waals surface area contributed by atoms with Gasteiger partial charge in [-0.05, 0) is 46.5 Å². The zero-order valence-electron chi connectivity index (χ0n) is 10.6. The molecular weight excluding hydrogens is 308 g/mol. The van der Waals surface area contributed by atoms with Crippen molar-refractivity contribution in [3.63, 3.8) is 0 Å². The minimum Gasteiger partial charge on any atom is -0.383 e. The summed E-state index contributed by atoms with van der Waals surface area (Å²) in [7, 11) is 0. The molecule has 0 fully saturated rings. The molecule has 0 amide bonds. The summed E-state index contributed by atoms with van der Waals surface area (Å²) >= 11 is 5.14. The highest BCUT2D eigenvalue weighted by atomic mass is 79.9. The maximum absolute atomic E-state index is 10.4. The third kappa shape index (κ3) is 3.02. The molecule has 0 saturated heterocycles. The number of rotatable bonds is 4. The molecule has 96 valence electrons. The first-order chi connectivity index (χ1) is 8.61. The van der Waals surface area contributed by atoms with Crippen molar-refractivity contribution in [2.24, 2.45) is 0 Å². The second-order valence-corrected chi connectivity index (χ2v) is 6.59. The lowest BCUT2D eigenvalue weighted by Gasteiger charge is -2.10. The highest BCUT2D eigenvalue weighted by molar-refractivity contribution is 9.10. The van der Waals surface area contributed by atoms with Crippen molar-refractivity contribution in [3.05, 3.63) is 55.7 Å². The van der Waals surface area contributed by atoms with E-state index in [4.69, 9.17) is 0 Å².